The summed E-state index contributed by atoms with van der Waals surface area (Å²) in [6, 6.07) is 4.35. The molecule has 126 valence electrons. The van der Waals surface area contributed by atoms with E-state index in [4.69, 9.17) is 0 Å². The number of hydrogen-bond acceptors (Lipinski definition) is 8. The zero-order valence-electron chi connectivity index (χ0n) is 12.8. The third kappa shape index (κ3) is 5.03. The summed E-state index contributed by atoms with van der Waals surface area (Å²) in [5.74, 6) is -0.127. The third-order valence-corrected chi connectivity index (χ3v) is 4.85. The van der Waals surface area contributed by atoms with Crippen molar-refractivity contribution in [2.24, 2.45) is 0 Å². The van der Waals surface area contributed by atoms with Gasteiger partial charge in [-0.25, -0.2) is 0 Å². The molecule has 1 heterocycles. The number of thioether (sulfide) groups is 1. The topological polar surface area (TPSA) is 110 Å². The smallest absolute Gasteiger partial charge is 0.271 e. The van der Waals surface area contributed by atoms with Gasteiger partial charge in [0.1, 0.15) is 0 Å². The van der Waals surface area contributed by atoms with E-state index in [0.29, 0.717) is 21.7 Å². The Hall–Kier alpha value is -2.46. The van der Waals surface area contributed by atoms with Crippen molar-refractivity contribution in [3.05, 3.63) is 46.5 Å². The van der Waals surface area contributed by atoms with Gasteiger partial charge in [-0.15, -0.1) is 16.8 Å². The van der Waals surface area contributed by atoms with Crippen LogP contribution in [0.15, 0.2) is 35.2 Å². The van der Waals surface area contributed by atoms with E-state index in [9.17, 15) is 14.9 Å². The van der Waals surface area contributed by atoms with Crippen molar-refractivity contribution in [2.45, 2.75) is 11.3 Å². The van der Waals surface area contributed by atoms with Crippen molar-refractivity contribution in [2.75, 3.05) is 22.9 Å². The molecule has 0 atom stereocenters. The highest BCUT2D eigenvalue weighted by molar-refractivity contribution is 8.01. The lowest BCUT2D eigenvalue weighted by Gasteiger charge is -2.07. The van der Waals surface area contributed by atoms with Gasteiger partial charge in [0.25, 0.3) is 5.69 Å². The maximum Gasteiger partial charge on any atom is 0.271 e. The number of nitro groups is 1. The van der Waals surface area contributed by atoms with Gasteiger partial charge >= 0.3 is 0 Å². The van der Waals surface area contributed by atoms with E-state index in [1.165, 1.54) is 35.2 Å². The summed E-state index contributed by atoms with van der Waals surface area (Å²) in [6.45, 7) is 5.96. The van der Waals surface area contributed by atoms with Crippen LogP contribution >= 0.6 is 23.1 Å². The summed E-state index contributed by atoms with van der Waals surface area (Å²) in [7, 11) is 0. The summed E-state index contributed by atoms with van der Waals surface area (Å²) < 4.78 is 0.660. The van der Waals surface area contributed by atoms with E-state index >= 15 is 0 Å². The predicted octanol–water partition coefficient (Wildman–Crippen LogP) is 3.08. The molecule has 24 heavy (non-hydrogen) atoms. The Balaban J connectivity index is 1.91. The minimum Gasteiger partial charge on any atom is -0.357 e. The molecule has 1 aromatic carbocycles. The first-order chi connectivity index (χ1) is 11.5. The average Bonchev–Trinajstić information content (AvgIpc) is 3.00. The van der Waals surface area contributed by atoms with Crippen molar-refractivity contribution >= 4 is 45.5 Å². The number of nitrogens with zero attached hydrogens (tertiary/aromatic N) is 3. The highest BCUT2D eigenvalue weighted by atomic mass is 32.2. The van der Waals surface area contributed by atoms with E-state index in [2.05, 4.69) is 27.4 Å². The second kappa shape index (κ2) is 8.41. The van der Waals surface area contributed by atoms with Gasteiger partial charge in [-0.3, -0.25) is 14.9 Å². The fourth-order valence-electron chi connectivity index (χ4n) is 1.67. The maximum atomic E-state index is 12.0. The van der Waals surface area contributed by atoms with E-state index in [-0.39, 0.29) is 17.3 Å². The molecule has 2 rings (SSSR count). The normalized spacial score (nSPS) is 10.2. The van der Waals surface area contributed by atoms with E-state index in [0.717, 1.165) is 5.56 Å². The van der Waals surface area contributed by atoms with E-state index < -0.39 is 4.92 Å². The summed E-state index contributed by atoms with van der Waals surface area (Å²) in [5.41, 5.74) is 1.12. The van der Waals surface area contributed by atoms with Crippen LogP contribution in [-0.4, -0.2) is 33.3 Å². The molecule has 8 nitrogen and oxygen atoms in total. The average molecular weight is 365 g/mol. The van der Waals surface area contributed by atoms with Crippen molar-refractivity contribution < 1.29 is 9.72 Å². The number of carbonyl (C=O) groups excluding carboxylic acids is 1. The lowest BCUT2D eigenvalue weighted by molar-refractivity contribution is -0.384. The molecule has 0 fully saturated rings. The van der Waals surface area contributed by atoms with Crippen LogP contribution in [-0.2, 0) is 4.79 Å². The monoisotopic (exact) mass is 365 g/mol. The van der Waals surface area contributed by atoms with Crippen LogP contribution in [0, 0.1) is 17.0 Å². The number of non-ortho nitro benzene ring substituents is 1. The molecular weight excluding hydrogens is 350 g/mol. The second-order valence-electron chi connectivity index (χ2n) is 4.64. The largest absolute Gasteiger partial charge is 0.357 e. The van der Waals surface area contributed by atoms with Gasteiger partial charge in [-0.2, -0.15) is 0 Å². The van der Waals surface area contributed by atoms with Gasteiger partial charge in [0.15, 0.2) is 4.34 Å². The molecule has 0 spiro atoms. The van der Waals surface area contributed by atoms with E-state index in [1.807, 2.05) is 0 Å². The molecule has 0 bridgehead atoms. The number of rotatable bonds is 8. The van der Waals surface area contributed by atoms with Crippen molar-refractivity contribution in [1.29, 1.82) is 0 Å². The van der Waals surface area contributed by atoms with Gasteiger partial charge in [-0.05, 0) is 12.5 Å². The summed E-state index contributed by atoms with van der Waals surface area (Å²) in [4.78, 5) is 22.3. The van der Waals surface area contributed by atoms with Gasteiger partial charge in [0, 0.05) is 18.7 Å². The summed E-state index contributed by atoms with van der Waals surface area (Å²) >= 11 is 2.59. The van der Waals surface area contributed by atoms with Gasteiger partial charge < -0.3 is 10.6 Å². The van der Waals surface area contributed by atoms with Crippen LogP contribution < -0.4 is 10.6 Å². The van der Waals surface area contributed by atoms with Crippen LogP contribution in [0.3, 0.4) is 0 Å². The predicted molar refractivity (Wildman–Crippen MR) is 95.8 cm³/mol. The number of carbonyl (C=O) groups is 1. The molecule has 1 amide bonds. The minimum absolute atomic E-state index is 0.0642. The standard InChI is InChI=1S/C14H15N5O3S2/c1-3-6-15-13-17-18-14(24-13)23-8-12(20)16-11-7-10(19(21)22)5-4-9(11)2/h3-5,7H,1,6,8H2,2H3,(H,15,17)(H,16,20). The Labute approximate surface area is 146 Å². The number of nitro benzene ring substituents is 1. The molecule has 0 unspecified atom stereocenters. The fraction of sp³-hybridized carbons (Fsp3) is 0.214. The highest BCUT2D eigenvalue weighted by Gasteiger charge is 2.12. The number of amides is 1. The molecular formula is C14H15N5O3S2. The van der Waals surface area contributed by atoms with Crippen molar-refractivity contribution in [3.8, 4) is 0 Å². The third-order valence-electron chi connectivity index (χ3n) is 2.84. The molecule has 2 N–H and O–H groups in total. The number of benzene rings is 1. The Morgan fingerprint density at radius 3 is 3.00 bits per heavy atom. The first kappa shape index (κ1) is 17.9. The van der Waals surface area contributed by atoms with Crippen LogP contribution in [0.4, 0.5) is 16.5 Å². The molecule has 0 saturated heterocycles. The molecule has 2 aromatic rings. The van der Waals surface area contributed by atoms with Crippen molar-refractivity contribution in [1.82, 2.24) is 10.2 Å². The SMILES string of the molecule is C=CCNc1nnc(SCC(=O)Nc2cc([N+](=O)[O-])ccc2C)s1. The molecule has 0 saturated carbocycles. The molecule has 0 aliphatic rings. The first-order valence-electron chi connectivity index (χ1n) is 6.85. The lowest BCUT2D eigenvalue weighted by atomic mass is 10.2. The van der Waals surface area contributed by atoms with Crippen LogP contribution in [0.1, 0.15) is 5.56 Å². The first-order valence-corrected chi connectivity index (χ1v) is 8.65. The number of aromatic nitrogens is 2. The molecule has 0 aliphatic carbocycles. The molecule has 0 aliphatic heterocycles. The minimum atomic E-state index is -0.497. The Kier molecular flexibility index (Phi) is 6.27. The summed E-state index contributed by atoms with van der Waals surface area (Å²) in [5, 5.41) is 25.1. The fourth-order valence-corrected chi connectivity index (χ4v) is 3.23. The van der Waals surface area contributed by atoms with Gasteiger partial charge in [0.2, 0.25) is 11.0 Å². The van der Waals surface area contributed by atoms with Crippen LogP contribution in [0.25, 0.3) is 0 Å². The number of hydrogen-bond donors (Lipinski definition) is 2. The lowest BCUT2D eigenvalue weighted by Crippen LogP contribution is -2.15. The zero-order chi connectivity index (χ0) is 17.5. The second-order valence-corrected chi connectivity index (χ2v) is 6.84. The molecule has 1 aromatic heterocycles. The molecule has 0 radical (unpaired) electrons. The number of anilines is 2. The Morgan fingerprint density at radius 2 is 2.29 bits per heavy atom. The van der Waals surface area contributed by atoms with E-state index in [1.54, 1.807) is 19.1 Å². The number of aryl methyl sites for hydroxylation is 1. The van der Waals surface area contributed by atoms with Crippen molar-refractivity contribution in [3.63, 3.8) is 0 Å². The Bertz CT molecular complexity index is 763. The van der Waals surface area contributed by atoms with Crippen LogP contribution in [0.5, 0.6) is 0 Å². The van der Waals surface area contributed by atoms with Gasteiger partial charge in [0.05, 0.1) is 16.4 Å². The zero-order valence-corrected chi connectivity index (χ0v) is 14.4. The number of nitrogens with one attached hydrogen (secondary N) is 2. The van der Waals surface area contributed by atoms with Crippen LogP contribution in [0.2, 0.25) is 0 Å². The highest BCUT2D eigenvalue weighted by Crippen LogP contribution is 2.26. The Morgan fingerprint density at radius 1 is 1.50 bits per heavy atom. The quantitative estimate of drug-likeness (QED) is 0.320. The maximum absolute atomic E-state index is 12.0. The molecule has 10 heteroatoms. The summed E-state index contributed by atoms with van der Waals surface area (Å²) in [6.07, 6.45) is 1.71. The van der Waals surface area contributed by atoms with Gasteiger partial charge in [-0.1, -0.05) is 35.2 Å².